The van der Waals surface area contributed by atoms with Gasteiger partial charge in [-0.1, -0.05) is 54.1 Å². The van der Waals surface area contributed by atoms with E-state index >= 15 is 0 Å². The van der Waals surface area contributed by atoms with Crippen molar-refractivity contribution in [2.75, 3.05) is 0 Å². The Labute approximate surface area is 159 Å². The number of benzene rings is 3. The maximum Gasteiger partial charge on any atom is 0.216 e. The molecule has 0 saturated carbocycles. The van der Waals surface area contributed by atoms with Crippen molar-refractivity contribution in [2.45, 2.75) is 0 Å². The van der Waals surface area contributed by atoms with E-state index in [0.717, 1.165) is 16.3 Å². The van der Waals surface area contributed by atoms with Crippen LogP contribution >= 0.6 is 23.8 Å². The molecule has 1 heterocycles. The highest BCUT2D eigenvalue weighted by molar-refractivity contribution is 7.71. The predicted octanol–water partition coefficient (Wildman–Crippen LogP) is 5.00. The Hall–Kier alpha value is -2.96. The lowest BCUT2D eigenvalue weighted by molar-refractivity contribution is 0.475. The molecule has 0 unspecified atom stereocenters. The molecule has 0 saturated heterocycles. The number of nitrogens with one attached hydrogen (secondary N) is 1. The first-order chi connectivity index (χ1) is 12.6. The fraction of sp³-hybridized carbons (Fsp3) is 0. The largest absolute Gasteiger partial charge is 0.507 e. The molecular formula is C19H13ClN4OS. The van der Waals surface area contributed by atoms with Crippen LogP contribution in [0.4, 0.5) is 0 Å². The molecule has 4 aromatic rings. The maximum atomic E-state index is 10.3. The van der Waals surface area contributed by atoms with Gasteiger partial charge in [0.1, 0.15) is 5.75 Å². The number of aromatic nitrogens is 3. The van der Waals surface area contributed by atoms with Gasteiger partial charge in [-0.05, 0) is 41.2 Å². The van der Waals surface area contributed by atoms with E-state index in [-0.39, 0.29) is 5.75 Å². The first-order valence-corrected chi connectivity index (χ1v) is 8.60. The summed E-state index contributed by atoms with van der Waals surface area (Å²) in [5.41, 5.74) is 1.40. The zero-order chi connectivity index (χ0) is 18.1. The Bertz CT molecular complexity index is 1200. The second-order valence-corrected chi connectivity index (χ2v) is 6.46. The second-order valence-electron chi connectivity index (χ2n) is 5.64. The molecule has 2 N–H and O–H groups in total. The number of hydrogen-bond donors (Lipinski definition) is 2. The Balaban J connectivity index is 1.83. The average Bonchev–Trinajstić information content (AvgIpc) is 3.01. The molecule has 0 aliphatic carbocycles. The molecule has 0 amide bonds. The Kier molecular flexibility index (Phi) is 4.28. The van der Waals surface area contributed by atoms with Crippen LogP contribution in [0.5, 0.6) is 5.75 Å². The van der Waals surface area contributed by atoms with Gasteiger partial charge in [0.05, 0.1) is 6.21 Å². The second kappa shape index (κ2) is 6.74. The minimum Gasteiger partial charge on any atom is -0.507 e. The molecule has 5 nitrogen and oxygen atoms in total. The number of fused-ring (bicyclic) bond motifs is 1. The summed E-state index contributed by atoms with van der Waals surface area (Å²) < 4.78 is 1.85. The van der Waals surface area contributed by atoms with Crippen molar-refractivity contribution in [2.24, 2.45) is 5.10 Å². The van der Waals surface area contributed by atoms with Crippen molar-refractivity contribution in [1.82, 2.24) is 14.9 Å². The number of hydrogen-bond acceptors (Lipinski definition) is 4. The molecular weight excluding hydrogens is 368 g/mol. The molecule has 3 aromatic carbocycles. The summed E-state index contributed by atoms with van der Waals surface area (Å²) in [7, 11) is 0. The Morgan fingerprint density at radius 1 is 1.12 bits per heavy atom. The van der Waals surface area contributed by atoms with Crippen LogP contribution in [-0.2, 0) is 0 Å². The standard InChI is InChI=1S/C19H13ClN4OS/c20-14-6-3-5-13(10-14)18-22-23-19(26)24(18)21-11-16-15-7-2-1-4-12(15)8-9-17(16)25/h1-11,25H,(H,23,26). The van der Waals surface area contributed by atoms with E-state index in [1.165, 1.54) is 4.68 Å². The molecule has 128 valence electrons. The average molecular weight is 381 g/mol. The smallest absolute Gasteiger partial charge is 0.216 e. The summed E-state index contributed by atoms with van der Waals surface area (Å²) in [4.78, 5) is 0. The third-order valence-corrected chi connectivity index (χ3v) is 4.48. The third kappa shape index (κ3) is 3.00. The Morgan fingerprint density at radius 3 is 2.81 bits per heavy atom. The number of aromatic hydroxyl groups is 1. The summed E-state index contributed by atoms with van der Waals surface area (Å²) in [6, 6.07) is 18.6. The zero-order valence-electron chi connectivity index (χ0n) is 13.4. The molecule has 0 aliphatic rings. The van der Waals surface area contributed by atoms with E-state index < -0.39 is 0 Å². The first-order valence-electron chi connectivity index (χ1n) is 7.82. The molecule has 26 heavy (non-hydrogen) atoms. The van der Waals surface area contributed by atoms with Crippen molar-refractivity contribution in [3.63, 3.8) is 0 Å². The maximum absolute atomic E-state index is 10.3. The fourth-order valence-electron chi connectivity index (χ4n) is 2.75. The highest BCUT2D eigenvalue weighted by atomic mass is 35.5. The number of aromatic amines is 1. The van der Waals surface area contributed by atoms with Crippen LogP contribution in [0.1, 0.15) is 5.56 Å². The zero-order valence-corrected chi connectivity index (χ0v) is 15.0. The van der Waals surface area contributed by atoms with Gasteiger partial charge in [0.25, 0.3) is 0 Å². The molecule has 1 aromatic heterocycles. The monoisotopic (exact) mass is 380 g/mol. The van der Waals surface area contributed by atoms with Gasteiger partial charge >= 0.3 is 0 Å². The first kappa shape index (κ1) is 16.5. The molecule has 0 bridgehead atoms. The Morgan fingerprint density at radius 2 is 1.96 bits per heavy atom. The fourth-order valence-corrected chi connectivity index (χ4v) is 3.12. The summed E-state index contributed by atoms with van der Waals surface area (Å²) in [6.45, 7) is 0. The van der Waals surface area contributed by atoms with Crippen LogP contribution in [0.2, 0.25) is 5.02 Å². The molecule has 0 radical (unpaired) electrons. The molecule has 0 aliphatic heterocycles. The summed E-state index contributed by atoms with van der Waals surface area (Å²) in [6.07, 6.45) is 1.58. The van der Waals surface area contributed by atoms with Crippen molar-refractivity contribution < 1.29 is 5.11 Å². The van der Waals surface area contributed by atoms with Crippen molar-refractivity contribution in [3.05, 3.63) is 76.0 Å². The molecule has 4 rings (SSSR count). The van der Waals surface area contributed by atoms with Gasteiger partial charge < -0.3 is 5.11 Å². The lowest BCUT2D eigenvalue weighted by Gasteiger charge is -2.05. The van der Waals surface area contributed by atoms with Gasteiger partial charge in [-0.25, -0.2) is 5.10 Å². The number of rotatable bonds is 3. The highest BCUT2D eigenvalue weighted by Crippen LogP contribution is 2.26. The van der Waals surface area contributed by atoms with E-state index in [2.05, 4.69) is 15.3 Å². The van der Waals surface area contributed by atoms with Crippen molar-refractivity contribution >= 4 is 40.8 Å². The number of H-pyrrole nitrogens is 1. The van der Waals surface area contributed by atoms with Gasteiger partial charge in [0.2, 0.25) is 4.77 Å². The van der Waals surface area contributed by atoms with E-state index in [1.54, 1.807) is 24.4 Å². The molecule has 0 fully saturated rings. The lowest BCUT2D eigenvalue weighted by Crippen LogP contribution is -1.96. The minimum absolute atomic E-state index is 0.145. The van der Waals surface area contributed by atoms with E-state index in [1.807, 2.05) is 42.5 Å². The van der Waals surface area contributed by atoms with E-state index in [0.29, 0.717) is 21.2 Å². The van der Waals surface area contributed by atoms with E-state index in [4.69, 9.17) is 23.8 Å². The van der Waals surface area contributed by atoms with E-state index in [9.17, 15) is 5.11 Å². The molecule has 0 atom stereocenters. The molecule has 0 spiro atoms. The van der Waals surface area contributed by atoms with Crippen molar-refractivity contribution in [3.8, 4) is 17.1 Å². The van der Waals surface area contributed by atoms with Crippen LogP contribution < -0.4 is 0 Å². The quantitative estimate of drug-likeness (QED) is 0.388. The summed E-state index contributed by atoms with van der Waals surface area (Å²) in [5.74, 6) is 0.681. The predicted molar refractivity (Wildman–Crippen MR) is 106 cm³/mol. The third-order valence-electron chi connectivity index (χ3n) is 3.98. The van der Waals surface area contributed by atoms with Gasteiger partial charge in [-0.3, -0.25) is 0 Å². The highest BCUT2D eigenvalue weighted by Gasteiger charge is 2.09. The van der Waals surface area contributed by atoms with Crippen LogP contribution in [0.25, 0.3) is 22.2 Å². The van der Waals surface area contributed by atoms with Crippen LogP contribution in [0.15, 0.2) is 65.8 Å². The topological polar surface area (TPSA) is 66.2 Å². The lowest BCUT2D eigenvalue weighted by atomic mass is 10.0. The summed E-state index contributed by atoms with van der Waals surface area (Å²) in [5, 5.41) is 24.2. The van der Waals surface area contributed by atoms with Crippen LogP contribution in [0.3, 0.4) is 0 Å². The van der Waals surface area contributed by atoms with Gasteiger partial charge in [-0.15, -0.1) is 0 Å². The SMILES string of the molecule is Oc1ccc2ccccc2c1C=Nn1c(-c2cccc(Cl)c2)n[nH]c1=S. The number of phenols is 1. The molecule has 7 heteroatoms. The van der Waals surface area contributed by atoms with Gasteiger partial charge in [0, 0.05) is 16.1 Å². The number of halogens is 1. The van der Waals surface area contributed by atoms with Gasteiger partial charge in [0.15, 0.2) is 5.82 Å². The van der Waals surface area contributed by atoms with Gasteiger partial charge in [-0.2, -0.15) is 14.9 Å². The number of nitrogens with zero attached hydrogens (tertiary/aromatic N) is 3. The minimum atomic E-state index is 0.145. The van der Waals surface area contributed by atoms with Crippen LogP contribution in [-0.4, -0.2) is 26.2 Å². The summed E-state index contributed by atoms with van der Waals surface area (Å²) >= 11 is 11.4. The van der Waals surface area contributed by atoms with Crippen LogP contribution in [0, 0.1) is 4.77 Å². The number of phenolic OH excluding ortho intramolecular Hbond substituents is 1. The van der Waals surface area contributed by atoms with Crippen molar-refractivity contribution in [1.29, 1.82) is 0 Å². The normalized spacial score (nSPS) is 11.4.